The van der Waals surface area contributed by atoms with E-state index in [1.54, 1.807) is 36.4 Å². The molecule has 4 atom stereocenters. The van der Waals surface area contributed by atoms with E-state index in [0.29, 0.717) is 44.9 Å². The molecule has 2 fully saturated rings. The van der Waals surface area contributed by atoms with Gasteiger partial charge in [-0.1, -0.05) is 36.4 Å². The Morgan fingerprint density at radius 1 is 1.21 bits per heavy atom. The number of ether oxygens (including phenoxy) is 2. The van der Waals surface area contributed by atoms with E-state index in [0.717, 1.165) is 12.8 Å². The molecule has 1 amide bonds. The Morgan fingerprint density at radius 3 is 2.74 bits per heavy atom. The number of nitrogens with one attached hydrogen (secondary N) is 1. The number of hydrogen-bond donors (Lipinski definition) is 1. The van der Waals surface area contributed by atoms with Crippen molar-refractivity contribution in [2.75, 3.05) is 19.0 Å². The molecule has 196 valence electrons. The molecule has 1 spiro atoms. The molecule has 3 aromatic rings. The van der Waals surface area contributed by atoms with Crippen LogP contribution in [0.25, 0.3) is 0 Å². The van der Waals surface area contributed by atoms with Crippen molar-refractivity contribution in [1.29, 1.82) is 0 Å². The zero-order valence-electron chi connectivity index (χ0n) is 20.5. The van der Waals surface area contributed by atoms with Gasteiger partial charge in [-0.3, -0.25) is 19.8 Å². The van der Waals surface area contributed by atoms with Gasteiger partial charge in [-0.25, -0.2) is 4.39 Å². The van der Waals surface area contributed by atoms with Crippen LogP contribution >= 0.6 is 15.9 Å². The Morgan fingerprint density at radius 2 is 1.97 bits per heavy atom. The SMILES string of the molecule is COc1cc([C@H]2[C@H]([N+](=O)[O-])[C@@]3(C(=O)Nc4ccccc43)N3CCC[C@@H]23)cc(Br)c1OCc1ccccc1F. The highest BCUT2D eigenvalue weighted by Crippen LogP contribution is 2.58. The van der Waals surface area contributed by atoms with Crippen molar-refractivity contribution in [3.8, 4) is 11.5 Å². The first kappa shape index (κ1) is 24.8. The predicted molar refractivity (Wildman–Crippen MR) is 141 cm³/mol. The highest BCUT2D eigenvalue weighted by molar-refractivity contribution is 9.10. The van der Waals surface area contributed by atoms with Gasteiger partial charge in [0.25, 0.3) is 11.9 Å². The average Bonchev–Trinajstić information content (AvgIpc) is 3.57. The molecule has 3 heterocycles. The van der Waals surface area contributed by atoms with Crippen molar-refractivity contribution in [2.45, 2.75) is 43.0 Å². The maximum absolute atomic E-state index is 14.1. The van der Waals surface area contributed by atoms with Crippen molar-refractivity contribution < 1.29 is 23.6 Å². The van der Waals surface area contributed by atoms with Gasteiger partial charge < -0.3 is 14.8 Å². The molecule has 6 rings (SSSR count). The summed E-state index contributed by atoms with van der Waals surface area (Å²) in [6.07, 6.45) is 1.57. The van der Waals surface area contributed by atoms with Gasteiger partial charge in [0.2, 0.25) is 0 Å². The summed E-state index contributed by atoms with van der Waals surface area (Å²) in [5, 5.41) is 15.7. The third kappa shape index (κ3) is 3.54. The van der Waals surface area contributed by atoms with Crippen LogP contribution in [0.5, 0.6) is 11.5 Å². The lowest BCUT2D eigenvalue weighted by molar-refractivity contribution is -0.534. The first-order valence-electron chi connectivity index (χ1n) is 12.4. The van der Waals surface area contributed by atoms with Crippen LogP contribution < -0.4 is 14.8 Å². The van der Waals surface area contributed by atoms with E-state index in [4.69, 9.17) is 9.47 Å². The number of fused-ring (bicyclic) bond motifs is 4. The van der Waals surface area contributed by atoms with Crippen molar-refractivity contribution >= 4 is 27.5 Å². The lowest BCUT2D eigenvalue weighted by Crippen LogP contribution is -2.55. The number of rotatable bonds is 6. The molecule has 0 aliphatic carbocycles. The third-order valence-corrected chi connectivity index (χ3v) is 8.65. The number of anilines is 1. The van der Waals surface area contributed by atoms with Crippen molar-refractivity contribution in [2.24, 2.45) is 0 Å². The monoisotopic (exact) mass is 581 g/mol. The Bertz CT molecular complexity index is 1450. The first-order valence-corrected chi connectivity index (χ1v) is 13.2. The molecule has 3 aliphatic rings. The summed E-state index contributed by atoms with van der Waals surface area (Å²) in [4.78, 5) is 28.2. The van der Waals surface area contributed by atoms with Crippen molar-refractivity contribution in [1.82, 2.24) is 4.90 Å². The summed E-state index contributed by atoms with van der Waals surface area (Å²) in [6.45, 7) is 0.577. The molecule has 38 heavy (non-hydrogen) atoms. The van der Waals surface area contributed by atoms with Gasteiger partial charge in [-0.05, 0) is 58.6 Å². The minimum absolute atomic E-state index is 0.0155. The van der Waals surface area contributed by atoms with E-state index in [9.17, 15) is 19.3 Å². The number of nitro groups is 1. The topological polar surface area (TPSA) is 93.9 Å². The van der Waals surface area contributed by atoms with Crippen LogP contribution in [0.3, 0.4) is 0 Å². The van der Waals surface area contributed by atoms with E-state index in [2.05, 4.69) is 21.2 Å². The van der Waals surface area contributed by atoms with Crippen LogP contribution in [0.15, 0.2) is 65.1 Å². The van der Waals surface area contributed by atoms with Gasteiger partial charge in [0.1, 0.15) is 12.4 Å². The maximum Gasteiger partial charge on any atom is 0.256 e. The second-order valence-electron chi connectivity index (χ2n) is 9.84. The zero-order valence-corrected chi connectivity index (χ0v) is 22.1. The molecule has 1 N–H and O–H groups in total. The molecule has 0 bridgehead atoms. The van der Waals surface area contributed by atoms with E-state index in [1.807, 2.05) is 23.1 Å². The van der Waals surface area contributed by atoms with Crippen LogP contribution in [0.2, 0.25) is 0 Å². The number of para-hydroxylation sites is 1. The first-order chi connectivity index (χ1) is 18.4. The minimum Gasteiger partial charge on any atom is -0.493 e. The number of hydrogen-bond acceptors (Lipinski definition) is 6. The van der Waals surface area contributed by atoms with E-state index in [-0.39, 0.29) is 29.3 Å². The van der Waals surface area contributed by atoms with Gasteiger partial charge in [0, 0.05) is 34.3 Å². The Balaban J connectivity index is 1.44. The fraction of sp³-hybridized carbons (Fsp3) is 0.321. The molecule has 2 saturated heterocycles. The second kappa shape index (κ2) is 9.36. The summed E-state index contributed by atoms with van der Waals surface area (Å²) in [5.41, 5.74) is 0.943. The highest BCUT2D eigenvalue weighted by atomic mass is 79.9. The van der Waals surface area contributed by atoms with Gasteiger partial charge in [0.05, 0.1) is 17.5 Å². The van der Waals surface area contributed by atoms with Crippen LogP contribution in [-0.4, -0.2) is 41.5 Å². The average molecular weight is 582 g/mol. The summed E-state index contributed by atoms with van der Waals surface area (Å²) in [5.74, 6) is -0.562. The lowest BCUT2D eigenvalue weighted by atomic mass is 9.77. The Labute approximate surface area is 227 Å². The van der Waals surface area contributed by atoms with Crippen LogP contribution in [0.4, 0.5) is 10.1 Å². The molecule has 0 unspecified atom stereocenters. The fourth-order valence-corrected chi connectivity index (χ4v) is 7.19. The number of amides is 1. The number of carbonyl (C=O) groups is 1. The molecule has 0 saturated carbocycles. The molecule has 0 radical (unpaired) electrons. The van der Waals surface area contributed by atoms with E-state index in [1.165, 1.54) is 13.2 Å². The van der Waals surface area contributed by atoms with Crippen molar-refractivity contribution in [3.63, 3.8) is 0 Å². The highest BCUT2D eigenvalue weighted by Gasteiger charge is 2.73. The van der Waals surface area contributed by atoms with Gasteiger partial charge in [0.15, 0.2) is 17.0 Å². The number of halogens is 2. The summed E-state index contributed by atoms with van der Waals surface area (Å²) < 4.78 is 26.3. The number of carbonyl (C=O) groups excluding carboxylic acids is 1. The largest absolute Gasteiger partial charge is 0.493 e. The standard InChI is InChI=1S/C28H25BrFN3O5/c1-37-23-14-17(13-19(29)25(23)38-15-16-7-2-4-9-20(16)30)24-22-11-6-12-32(22)28(26(24)33(35)36)18-8-3-5-10-21(18)31-27(28)34/h2-5,7-10,13-14,22,24,26H,6,11-12,15H2,1H3,(H,31,34)/t22-,24+,26-,28-/m0/s1. The van der Waals surface area contributed by atoms with Crippen LogP contribution in [0, 0.1) is 15.9 Å². The zero-order chi connectivity index (χ0) is 26.6. The minimum atomic E-state index is -1.40. The predicted octanol–water partition coefficient (Wildman–Crippen LogP) is 5.23. The fourth-order valence-electron chi connectivity index (χ4n) is 6.61. The Kier molecular flexibility index (Phi) is 6.11. The number of benzene rings is 3. The quantitative estimate of drug-likeness (QED) is 0.316. The number of methoxy groups -OCH3 is 1. The van der Waals surface area contributed by atoms with Gasteiger partial charge in [-0.15, -0.1) is 0 Å². The van der Waals surface area contributed by atoms with Gasteiger partial charge in [-0.2, -0.15) is 0 Å². The molecule has 3 aromatic carbocycles. The second-order valence-corrected chi connectivity index (χ2v) is 10.7. The summed E-state index contributed by atoms with van der Waals surface area (Å²) in [7, 11) is 1.49. The van der Waals surface area contributed by atoms with E-state index < -0.39 is 17.5 Å². The summed E-state index contributed by atoms with van der Waals surface area (Å²) in [6, 6.07) is 15.7. The van der Waals surface area contributed by atoms with E-state index >= 15 is 0 Å². The molecule has 3 aliphatic heterocycles. The maximum atomic E-state index is 14.1. The summed E-state index contributed by atoms with van der Waals surface area (Å²) >= 11 is 3.56. The van der Waals surface area contributed by atoms with Gasteiger partial charge >= 0.3 is 0 Å². The molecular formula is C28H25BrFN3O5. The van der Waals surface area contributed by atoms with Crippen molar-refractivity contribution in [3.05, 3.63) is 97.8 Å². The molecule has 8 nitrogen and oxygen atoms in total. The smallest absolute Gasteiger partial charge is 0.256 e. The van der Waals surface area contributed by atoms with Crippen LogP contribution in [-0.2, 0) is 16.9 Å². The Hall–Kier alpha value is -3.50. The third-order valence-electron chi connectivity index (χ3n) is 8.06. The molecular weight excluding hydrogens is 557 g/mol. The lowest BCUT2D eigenvalue weighted by Gasteiger charge is -2.32. The molecule has 10 heteroatoms. The number of nitrogens with zero attached hydrogens (tertiary/aromatic N) is 2. The molecule has 0 aromatic heterocycles. The van der Waals surface area contributed by atoms with Crippen LogP contribution in [0.1, 0.15) is 35.4 Å². The normalized spacial score (nSPS) is 25.8.